The Kier molecular flexibility index (Phi) is 16.5. The SMILES string of the molecule is NCCOc1ccc(C=CC(=O)COC2(C(=O)O)CC(O)C3OCC(CCc4ccccc4)CC(C(=O)C=Cc4cc(O)c(O)cc4CO)OC3(CNC3CCCCC3)C2)cc1O. The van der Waals surface area contributed by atoms with Crippen molar-refractivity contribution in [3.8, 4) is 23.0 Å². The van der Waals surface area contributed by atoms with E-state index < -0.39 is 78.2 Å². The van der Waals surface area contributed by atoms with Gasteiger partial charge in [-0.2, -0.15) is 0 Å². The molecule has 6 unspecified atom stereocenters. The minimum Gasteiger partial charge on any atom is -0.504 e. The first-order valence-electron chi connectivity index (χ1n) is 21.7. The Morgan fingerprint density at radius 3 is 2.41 bits per heavy atom. The van der Waals surface area contributed by atoms with Crippen LogP contribution in [0.15, 0.2) is 72.8 Å². The van der Waals surface area contributed by atoms with Crippen LogP contribution in [0.3, 0.4) is 0 Å². The Balaban J connectivity index is 1.31. The molecule has 0 aromatic heterocycles. The highest BCUT2D eigenvalue weighted by Gasteiger charge is 2.61. The molecule has 3 fully saturated rings. The predicted molar refractivity (Wildman–Crippen MR) is 233 cm³/mol. The number of phenols is 3. The number of aryl methyl sites for hydroxylation is 1. The number of carbonyl (C=O) groups excluding carboxylic acids is 2. The molecule has 9 N–H and O–H groups in total. The second-order valence-electron chi connectivity index (χ2n) is 16.9. The molecule has 3 aliphatic rings. The summed E-state index contributed by atoms with van der Waals surface area (Å²) in [4.78, 5) is 41.2. The molecule has 2 aliphatic carbocycles. The van der Waals surface area contributed by atoms with Crippen molar-refractivity contribution < 1.29 is 64.0 Å². The molecule has 0 radical (unpaired) electrons. The Hall–Kier alpha value is -5.13. The zero-order valence-corrected chi connectivity index (χ0v) is 35.4. The van der Waals surface area contributed by atoms with E-state index in [0.717, 1.165) is 37.7 Å². The lowest BCUT2D eigenvalue weighted by Gasteiger charge is -2.54. The highest BCUT2D eigenvalue weighted by atomic mass is 16.6. The van der Waals surface area contributed by atoms with Gasteiger partial charge < -0.3 is 60.6 Å². The number of hydrogen-bond acceptors (Lipinski definition) is 14. The third-order valence-electron chi connectivity index (χ3n) is 12.3. The normalized spacial score (nSPS) is 25.6. The zero-order valence-electron chi connectivity index (χ0n) is 35.4. The fourth-order valence-corrected chi connectivity index (χ4v) is 8.90. The van der Waals surface area contributed by atoms with Gasteiger partial charge in [0.2, 0.25) is 0 Å². The number of carboxylic acids is 1. The second kappa shape index (κ2) is 22.0. The molecule has 1 heterocycles. The van der Waals surface area contributed by atoms with Gasteiger partial charge in [-0.15, -0.1) is 0 Å². The molecule has 3 aromatic rings. The third-order valence-corrected chi connectivity index (χ3v) is 12.3. The number of ether oxygens (including phenoxy) is 4. The zero-order chi connectivity index (χ0) is 45.0. The van der Waals surface area contributed by atoms with Gasteiger partial charge >= 0.3 is 5.97 Å². The predicted octanol–water partition coefficient (Wildman–Crippen LogP) is 4.58. The number of benzene rings is 3. The first-order chi connectivity index (χ1) is 30.3. The summed E-state index contributed by atoms with van der Waals surface area (Å²) in [6.45, 7) is -0.546. The number of phenolic OH excluding ortho intramolecular Hbond substituents is 3. The standard InChI is InChI=1S/C48H60N2O13/c49-19-20-60-43-18-14-32(21-41(43)56)13-16-37(52)28-62-47(46(58)59)25-42(57)45-48(29-47,30-50-36-9-5-2-6-10-36)63-44(22-33(27-61-45)12-11-31-7-3-1-4-8-31)38(53)17-15-34-23-39(54)40(55)24-35(34)26-51/h1,3-4,7-8,13-18,21,23-24,33,36,42,44-45,50-51,54-57H,2,5-6,9-12,19-20,22,25-30,49H2,(H,58,59). The fourth-order valence-electron chi connectivity index (χ4n) is 8.90. The van der Waals surface area contributed by atoms with Crippen molar-refractivity contribution in [2.75, 3.05) is 32.9 Å². The van der Waals surface area contributed by atoms with Gasteiger partial charge in [-0.05, 0) is 96.7 Å². The number of ketones is 2. The highest BCUT2D eigenvalue weighted by Crippen LogP contribution is 2.45. The summed E-state index contributed by atoms with van der Waals surface area (Å²) in [6.07, 6.45) is 7.07. The molecule has 0 bridgehead atoms. The van der Waals surface area contributed by atoms with Crippen LogP contribution in [0.4, 0.5) is 0 Å². The Morgan fingerprint density at radius 1 is 0.937 bits per heavy atom. The van der Waals surface area contributed by atoms with Gasteiger partial charge in [0.05, 0.1) is 19.3 Å². The highest BCUT2D eigenvalue weighted by molar-refractivity contribution is 5.97. The van der Waals surface area contributed by atoms with E-state index in [-0.39, 0.29) is 73.7 Å². The molecule has 15 nitrogen and oxygen atoms in total. The van der Waals surface area contributed by atoms with Crippen LogP contribution >= 0.6 is 0 Å². The maximum absolute atomic E-state index is 14.5. The van der Waals surface area contributed by atoms with Gasteiger partial charge in [0, 0.05) is 32.0 Å². The van der Waals surface area contributed by atoms with Crippen LogP contribution in [-0.4, -0.2) is 117 Å². The van der Waals surface area contributed by atoms with E-state index >= 15 is 0 Å². The second-order valence-corrected chi connectivity index (χ2v) is 16.9. The molecule has 6 atom stereocenters. The number of nitrogens with two attached hydrogens (primary N) is 1. The van der Waals surface area contributed by atoms with Crippen molar-refractivity contribution in [3.05, 3.63) is 95.1 Å². The quantitative estimate of drug-likeness (QED) is 0.0607. The van der Waals surface area contributed by atoms with E-state index in [1.165, 1.54) is 48.6 Å². The molecule has 3 aromatic carbocycles. The molecule has 1 aliphatic heterocycles. The molecule has 15 heteroatoms. The van der Waals surface area contributed by atoms with Gasteiger partial charge in [0.15, 0.2) is 40.2 Å². The van der Waals surface area contributed by atoms with Crippen LogP contribution in [0, 0.1) is 5.92 Å². The van der Waals surface area contributed by atoms with Crippen molar-refractivity contribution in [1.82, 2.24) is 5.32 Å². The summed E-state index contributed by atoms with van der Waals surface area (Å²) in [5.41, 5.74) is 3.80. The number of rotatable bonds is 19. The van der Waals surface area contributed by atoms with Crippen LogP contribution in [0.5, 0.6) is 23.0 Å². The van der Waals surface area contributed by atoms with E-state index in [1.54, 1.807) is 6.07 Å². The molecular formula is C48H60N2O13. The number of carboxylic acid groups (broad SMARTS) is 1. The average molecular weight is 873 g/mol. The van der Waals surface area contributed by atoms with Gasteiger partial charge in [-0.1, -0.05) is 67.8 Å². The summed E-state index contributed by atoms with van der Waals surface area (Å²) in [5, 5.41) is 67.1. The van der Waals surface area contributed by atoms with Crippen molar-refractivity contribution in [2.45, 2.75) is 106 Å². The number of carbonyl (C=O) groups is 3. The first kappa shape index (κ1) is 47.4. The smallest absolute Gasteiger partial charge is 0.336 e. The Morgan fingerprint density at radius 2 is 1.70 bits per heavy atom. The molecule has 6 rings (SSSR count). The summed E-state index contributed by atoms with van der Waals surface area (Å²) in [7, 11) is 0. The van der Waals surface area contributed by atoms with Gasteiger partial charge in [0.1, 0.15) is 31.0 Å². The fraction of sp³-hybridized carbons (Fsp3) is 0.479. The van der Waals surface area contributed by atoms with Crippen molar-refractivity contribution in [3.63, 3.8) is 0 Å². The van der Waals surface area contributed by atoms with Crippen LogP contribution in [0.25, 0.3) is 12.2 Å². The van der Waals surface area contributed by atoms with E-state index in [1.807, 2.05) is 30.3 Å². The average Bonchev–Trinajstić information content (AvgIpc) is 3.27. The Bertz CT molecular complexity index is 2090. The topological polar surface area (TPSA) is 248 Å². The lowest BCUT2D eigenvalue weighted by Crippen LogP contribution is -2.70. The minimum absolute atomic E-state index is 0.00276. The van der Waals surface area contributed by atoms with Crippen LogP contribution in [0.2, 0.25) is 0 Å². The van der Waals surface area contributed by atoms with Crippen LogP contribution < -0.4 is 15.8 Å². The third kappa shape index (κ3) is 12.3. The van der Waals surface area contributed by atoms with Gasteiger partial charge in [-0.3, -0.25) is 9.59 Å². The van der Waals surface area contributed by atoms with Crippen LogP contribution in [-0.2, 0) is 41.6 Å². The van der Waals surface area contributed by atoms with E-state index in [9.17, 15) is 45.0 Å². The van der Waals surface area contributed by atoms with E-state index in [0.29, 0.717) is 18.4 Å². The van der Waals surface area contributed by atoms with Crippen molar-refractivity contribution >= 4 is 29.7 Å². The van der Waals surface area contributed by atoms with Gasteiger partial charge in [0.25, 0.3) is 0 Å². The molecule has 0 spiro atoms. The number of aliphatic hydroxyl groups excluding tert-OH is 2. The Labute approximate surface area is 367 Å². The summed E-state index contributed by atoms with van der Waals surface area (Å²) >= 11 is 0. The minimum atomic E-state index is -2.15. The maximum atomic E-state index is 14.5. The summed E-state index contributed by atoms with van der Waals surface area (Å²) in [6, 6.07) is 16.9. The molecular weight excluding hydrogens is 813 g/mol. The van der Waals surface area contributed by atoms with E-state index in [2.05, 4.69) is 5.32 Å². The lowest BCUT2D eigenvalue weighted by molar-refractivity contribution is -0.269. The van der Waals surface area contributed by atoms with Gasteiger partial charge in [-0.25, -0.2) is 4.79 Å². The van der Waals surface area contributed by atoms with Crippen LogP contribution in [0.1, 0.15) is 80.0 Å². The molecule has 340 valence electrons. The number of aliphatic hydroxyl groups is 2. The maximum Gasteiger partial charge on any atom is 0.336 e. The largest absolute Gasteiger partial charge is 0.504 e. The number of aromatic hydroxyl groups is 3. The molecule has 0 amide bonds. The summed E-state index contributed by atoms with van der Waals surface area (Å²) in [5.74, 6) is -3.50. The number of aliphatic carboxylic acids is 1. The molecule has 1 saturated heterocycles. The molecule has 2 saturated carbocycles. The summed E-state index contributed by atoms with van der Waals surface area (Å²) < 4.78 is 25.0. The van der Waals surface area contributed by atoms with Crippen molar-refractivity contribution in [2.24, 2.45) is 11.7 Å². The lowest BCUT2D eigenvalue weighted by atomic mass is 9.70. The first-order valence-corrected chi connectivity index (χ1v) is 21.7. The number of fused-ring (bicyclic) bond motifs is 1. The molecule has 63 heavy (non-hydrogen) atoms. The monoisotopic (exact) mass is 872 g/mol. The van der Waals surface area contributed by atoms with Crippen molar-refractivity contribution in [1.29, 1.82) is 0 Å². The van der Waals surface area contributed by atoms with E-state index in [4.69, 9.17) is 24.7 Å². The number of hydrogen-bond donors (Lipinski definition) is 8. The number of nitrogens with one attached hydrogen (secondary N) is 1.